The summed E-state index contributed by atoms with van der Waals surface area (Å²) < 4.78 is 5.02. The Labute approximate surface area is 108 Å². The SMILES string of the molecule is COc1cc(Cl)cc(Cl)c1NC(=O)NC(=N)N. The van der Waals surface area contributed by atoms with E-state index in [9.17, 15) is 4.79 Å². The molecule has 0 heterocycles. The van der Waals surface area contributed by atoms with E-state index < -0.39 is 12.0 Å². The molecule has 5 N–H and O–H groups in total. The molecule has 0 spiro atoms. The highest BCUT2D eigenvalue weighted by molar-refractivity contribution is 6.37. The van der Waals surface area contributed by atoms with Crippen LogP contribution in [0, 0.1) is 5.41 Å². The van der Waals surface area contributed by atoms with Crippen LogP contribution in [0.2, 0.25) is 10.0 Å². The van der Waals surface area contributed by atoms with Crippen molar-refractivity contribution >= 4 is 40.9 Å². The summed E-state index contributed by atoms with van der Waals surface area (Å²) in [7, 11) is 1.41. The standard InChI is InChI=1S/C9H10Cl2N4O2/c1-17-6-3-4(10)2-5(11)7(6)14-9(16)15-8(12)13/h2-3H,1H3,(H5,12,13,14,15,16). The third-order valence-electron chi connectivity index (χ3n) is 1.73. The number of urea groups is 1. The zero-order chi connectivity index (χ0) is 13.0. The van der Waals surface area contributed by atoms with Crippen LogP contribution in [0.1, 0.15) is 0 Å². The molecule has 92 valence electrons. The second kappa shape index (κ2) is 5.60. The van der Waals surface area contributed by atoms with Crippen LogP contribution in [0.15, 0.2) is 12.1 Å². The quantitative estimate of drug-likeness (QED) is 0.491. The Balaban J connectivity index is 2.97. The van der Waals surface area contributed by atoms with E-state index in [2.05, 4.69) is 5.32 Å². The summed E-state index contributed by atoms with van der Waals surface area (Å²) >= 11 is 11.7. The molecule has 0 bridgehead atoms. The molecular formula is C9H10Cl2N4O2. The van der Waals surface area contributed by atoms with Gasteiger partial charge < -0.3 is 15.8 Å². The minimum absolute atomic E-state index is 0.216. The van der Waals surface area contributed by atoms with E-state index >= 15 is 0 Å². The topological polar surface area (TPSA) is 100 Å². The van der Waals surface area contributed by atoms with Crippen LogP contribution in [-0.4, -0.2) is 19.1 Å². The van der Waals surface area contributed by atoms with Gasteiger partial charge in [0.05, 0.1) is 12.1 Å². The molecule has 8 heteroatoms. The normalized spacial score (nSPS) is 9.59. The van der Waals surface area contributed by atoms with Crippen molar-refractivity contribution in [3.8, 4) is 5.75 Å². The van der Waals surface area contributed by atoms with Gasteiger partial charge in [0.25, 0.3) is 0 Å². The highest BCUT2D eigenvalue weighted by Gasteiger charge is 2.13. The minimum atomic E-state index is -0.694. The molecule has 2 amide bonds. The largest absolute Gasteiger partial charge is 0.494 e. The average molecular weight is 277 g/mol. The van der Waals surface area contributed by atoms with Crippen molar-refractivity contribution in [2.24, 2.45) is 5.73 Å². The summed E-state index contributed by atoms with van der Waals surface area (Å²) in [5.74, 6) is -0.173. The number of amides is 2. The van der Waals surface area contributed by atoms with Crippen molar-refractivity contribution in [3.63, 3.8) is 0 Å². The van der Waals surface area contributed by atoms with Crippen LogP contribution < -0.4 is 21.1 Å². The first kappa shape index (κ1) is 13.4. The summed E-state index contributed by atoms with van der Waals surface area (Å²) in [5.41, 5.74) is 5.25. The van der Waals surface area contributed by atoms with Gasteiger partial charge in [0.1, 0.15) is 11.4 Å². The number of benzene rings is 1. The monoisotopic (exact) mass is 276 g/mol. The molecule has 1 aromatic rings. The zero-order valence-corrected chi connectivity index (χ0v) is 10.3. The molecule has 0 unspecified atom stereocenters. The van der Waals surface area contributed by atoms with E-state index in [0.717, 1.165) is 0 Å². The van der Waals surface area contributed by atoms with Gasteiger partial charge in [-0.15, -0.1) is 0 Å². The van der Waals surface area contributed by atoms with Gasteiger partial charge >= 0.3 is 6.03 Å². The Hall–Kier alpha value is -1.66. The number of ether oxygens (including phenoxy) is 1. The fourth-order valence-corrected chi connectivity index (χ4v) is 1.62. The average Bonchev–Trinajstić information content (AvgIpc) is 2.20. The number of guanidine groups is 1. The molecule has 0 aliphatic rings. The van der Waals surface area contributed by atoms with Crippen molar-refractivity contribution < 1.29 is 9.53 Å². The summed E-state index contributed by atoms with van der Waals surface area (Å²) in [5, 5.41) is 11.9. The molecule has 17 heavy (non-hydrogen) atoms. The lowest BCUT2D eigenvalue weighted by atomic mass is 10.3. The van der Waals surface area contributed by atoms with Crippen LogP contribution in [0.5, 0.6) is 5.75 Å². The third kappa shape index (κ3) is 3.69. The van der Waals surface area contributed by atoms with Gasteiger partial charge in [-0.1, -0.05) is 23.2 Å². The maximum Gasteiger partial charge on any atom is 0.326 e. The lowest BCUT2D eigenvalue weighted by Crippen LogP contribution is -2.38. The second-order valence-electron chi connectivity index (χ2n) is 2.96. The number of nitrogens with one attached hydrogen (secondary N) is 3. The highest BCUT2D eigenvalue weighted by atomic mass is 35.5. The predicted molar refractivity (Wildman–Crippen MR) is 67.1 cm³/mol. The van der Waals surface area contributed by atoms with Gasteiger partial charge in [0.15, 0.2) is 5.96 Å². The molecule has 0 radical (unpaired) electrons. The molecule has 1 aromatic carbocycles. The van der Waals surface area contributed by atoms with E-state index in [-0.39, 0.29) is 10.7 Å². The van der Waals surface area contributed by atoms with E-state index in [1.807, 2.05) is 5.32 Å². The Morgan fingerprint density at radius 1 is 1.47 bits per heavy atom. The van der Waals surface area contributed by atoms with Crippen LogP contribution in [-0.2, 0) is 0 Å². The van der Waals surface area contributed by atoms with E-state index in [1.165, 1.54) is 19.2 Å². The van der Waals surface area contributed by atoms with Gasteiger partial charge in [-0.05, 0) is 6.07 Å². The zero-order valence-electron chi connectivity index (χ0n) is 8.80. The van der Waals surface area contributed by atoms with Gasteiger partial charge in [0, 0.05) is 11.1 Å². The van der Waals surface area contributed by atoms with E-state index in [1.54, 1.807) is 0 Å². The first-order valence-corrected chi connectivity index (χ1v) is 5.14. The molecule has 0 atom stereocenters. The van der Waals surface area contributed by atoms with E-state index in [0.29, 0.717) is 10.8 Å². The van der Waals surface area contributed by atoms with Crippen LogP contribution >= 0.6 is 23.2 Å². The molecule has 6 nitrogen and oxygen atoms in total. The molecular weight excluding hydrogens is 267 g/mol. The fraction of sp³-hybridized carbons (Fsp3) is 0.111. The summed E-state index contributed by atoms with van der Waals surface area (Å²) in [6, 6.07) is 2.26. The smallest absolute Gasteiger partial charge is 0.326 e. The highest BCUT2D eigenvalue weighted by Crippen LogP contribution is 2.35. The number of hydrogen-bond donors (Lipinski definition) is 4. The van der Waals surface area contributed by atoms with Gasteiger partial charge in [0.2, 0.25) is 0 Å². The second-order valence-corrected chi connectivity index (χ2v) is 3.80. The van der Waals surface area contributed by atoms with Crippen molar-refractivity contribution in [2.45, 2.75) is 0 Å². The van der Waals surface area contributed by atoms with Gasteiger partial charge in [-0.25, -0.2) is 4.79 Å². The molecule has 0 aliphatic heterocycles. The minimum Gasteiger partial charge on any atom is -0.494 e. The van der Waals surface area contributed by atoms with Crippen LogP contribution in [0.25, 0.3) is 0 Å². The Kier molecular flexibility index (Phi) is 4.42. The number of halogens is 2. The fourth-order valence-electron chi connectivity index (χ4n) is 1.10. The lowest BCUT2D eigenvalue weighted by Gasteiger charge is -2.12. The number of carbonyl (C=O) groups excluding carboxylic acids is 1. The number of carbonyl (C=O) groups is 1. The first-order chi connectivity index (χ1) is 7.93. The van der Waals surface area contributed by atoms with Crippen LogP contribution in [0.4, 0.5) is 10.5 Å². The van der Waals surface area contributed by atoms with Gasteiger partial charge in [-0.3, -0.25) is 10.7 Å². The van der Waals surface area contributed by atoms with Crippen molar-refractivity contribution in [2.75, 3.05) is 12.4 Å². The number of anilines is 1. The van der Waals surface area contributed by atoms with Gasteiger partial charge in [-0.2, -0.15) is 0 Å². The lowest BCUT2D eigenvalue weighted by molar-refractivity contribution is 0.256. The van der Waals surface area contributed by atoms with Crippen LogP contribution in [0.3, 0.4) is 0 Å². The summed E-state index contributed by atoms with van der Waals surface area (Å²) in [4.78, 5) is 11.3. The van der Waals surface area contributed by atoms with Crippen molar-refractivity contribution in [1.29, 1.82) is 5.41 Å². The number of nitrogens with two attached hydrogens (primary N) is 1. The van der Waals surface area contributed by atoms with Crippen molar-refractivity contribution in [1.82, 2.24) is 5.32 Å². The summed E-state index contributed by atoms with van der Waals surface area (Å²) in [6.45, 7) is 0. The molecule has 0 aliphatic carbocycles. The number of rotatable bonds is 2. The molecule has 0 fully saturated rings. The first-order valence-electron chi connectivity index (χ1n) is 4.39. The maximum absolute atomic E-state index is 11.3. The molecule has 0 aromatic heterocycles. The molecule has 0 saturated carbocycles. The molecule has 1 rings (SSSR count). The summed E-state index contributed by atoms with van der Waals surface area (Å²) in [6.07, 6.45) is 0. The Morgan fingerprint density at radius 2 is 2.12 bits per heavy atom. The molecule has 0 saturated heterocycles. The predicted octanol–water partition coefficient (Wildman–Crippen LogP) is 2.02. The van der Waals surface area contributed by atoms with E-state index in [4.69, 9.17) is 39.1 Å². The van der Waals surface area contributed by atoms with Crippen molar-refractivity contribution in [3.05, 3.63) is 22.2 Å². The number of hydrogen-bond acceptors (Lipinski definition) is 3. The Bertz CT molecular complexity index is 465. The Morgan fingerprint density at radius 3 is 2.65 bits per heavy atom. The third-order valence-corrected chi connectivity index (χ3v) is 2.24. The number of methoxy groups -OCH3 is 1. The maximum atomic E-state index is 11.3.